The number of amides is 3. The maximum absolute atomic E-state index is 13.1. The molecule has 0 unspecified atom stereocenters. The molecule has 2 heterocycles. The fourth-order valence-corrected chi connectivity index (χ4v) is 3.87. The van der Waals surface area contributed by atoms with Gasteiger partial charge >= 0.3 is 0 Å². The van der Waals surface area contributed by atoms with Crippen molar-refractivity contribution in [2.75, 3.05) is 11.9 Å². The number of primary amides is 1. The van der Waals surface area contributed by atoms with Crippen LogP contribution < -0.4 is 16.4 Å². The average Bonchev–Trinajstić information content (AvgIpc) is 2.99. The van der Waals surface area contributed by atoms with Gasteiger partial charge in [0.2, 0.25) is 5.91 Å². The summed E-state index contributed by atoms with van der Waals surface area (Å²) >= 11 is 0. The van der Waals surface area contributed by atoms with Crippen molar-refractivity contribution in [3.63, 3.8) is 0 Å². The van der Waals surface area contributed by atoms with Gasteiger partial charge in [0.15, 0.2) is 0 Å². The van der Waals surface area contributed by atoms with Crippen LogP contribution in [0.3, 0.4) is 0 Å². The van der Waals surface area contributed by atoms with Crippen LogP contribution in [0.5, 0.6) is 0 Å². The highest BCUT2D eigenvalue weighted by molar-refractivity contribution is 6.04. The van der Waals surface area contributed by atoms with Crippen molar-refractivity contribution in [1.82, 2.24) is 14.9 Å². The molecule has 3 aromatic rings. The van der Waals surface area contributed by atoms with Crippen molar-refractivity contribution in [3.05, 3.63) is 71.5 Å². The fraction of sp³-hybridized carbons (Fsp3) is 0.250. The van der Waals surface area contributed by atoms with Gasteiger partial charge in [0.05, 0.1) is 12.2 Å². The van der Waals surface area contributed by atoms with E-state index in [-0.39, 0.29) is 12.5 Å². The highest BCUT2D eigenvalue weighted by Crippen LogP contribution is 2.27. The van der Waals surface area contributed by atoms with Crippen LogP contribution in [-0.2, 0) is 17.8 Å². The summed E-state index contributed by atoms with van der Waals surface area (Å²) in [6, 6.07) is 16.3. The van der Waals surface area contributed by atoms with Crippen LogP contribution >= 0.6 is 0 Å². The van der Waals surface area contributed by atoms with E-state index in [1.807, 2.05) is 30.3 Å². The molecule has 0 bridgehead atoms. The second-order valence-corrected chi connectivity index (χ2v) is 7.74. The molecule has 0 atom stereocenters. The van der Waals surface area contributed by atoms with E-state index < -0.39 is 11.8 Å². The van der Waals surface area contributed by atoms with Crippen LogP contribution in [0, 0.1) is 0 Å². The molecule has 0 fully saturated rings. The molecular weight excluding hydrogens is 406 g/mol. The number of anilines is 1. The van der Waals surface area contributed by atoms with Gasteiger partial charge in [-0.25, -0.2) is 4.98 Å². The predicted octanol–water partition coefficient (Wildman–Crippen LogP) is 2.74. The number of nitrogens with one attached hydrogen (secondary N) is 2. The lowest BCUT2D eigenvalue weighted by molar-refractivity contribution is -0.117. The normalized spacial score (nSPS) is 13.0. The molecule has 1 aliphatic rings. The van der Waals surface area contributed by atoms with Crippen LogP contribution in [0.25, 0.3) is 11.4 Å². The molecule has 3 amide bonds. The van der Waals surface area contributed by atoms with Gasteiger partial charge in [-0.2, -0.15) is 0 Å². The number of aromatic nitrogens is 2. The van der Waals surface area contributed by atoms with Crippen molar-refractivity contribution in [2.24, 2.45) is 5.73 Å². The van der Waals surface area contributed by atoms with E-state index in [9.17, 15) is 14.4 Å². The summed E-state index contributed by atoms with van der Waals surface area (Å²) in [7, 11) is 0. The molecule has 8 heteroatoms. The summed E-state index contributed by atoms with van der Waals surface area (Å²) in [5.41, 5.74) is 8.35. The zero-order valence-corrected chi connectivity index (χ0v) is 17.6. The smallest absolute Gasteiger partial charge is 0.276 e. The first-order chi connectivity index (χ1) is 15.5. The second kappa shape index (κ2) is 9.47. The van der Waals surface area contributed by atoms with E-state index in [1.165, 1.54) is 0 Å². The second-order valence-electron chi connectivity index (χ2n) is 7.74. The zero-order valence-electron chi connectivity index (χ0n) is 17.6. The third kappa shape index (κ3) is 4.69. The number of carbonyl (C=O) groups is 3. The van der Waals surface area contributed by atoms with Crippen molar-refractivity contribution >= 4 is 23.4 Å². The number of carbonyl (C=O) groups excluding carboxylic acids is 3. The van der Waals surface area contributed by atoms with Gasteiger partial charge in [0, 0.05) is 23.4 Å². The van der Waals surface area contributed by atoms with Crippen molar-refractivity contribution in [3.8, 4) is 11.4 Å². The van der Waals surface area contributed by atoms with Crippen molar-refractivity contribution in [2.45, 2.75) is 32.2 Å². The first kappa shape index (κ1) is 21.3. The predicted molar refractivity (Wildman–Crippen MR) is 121 cm³/mol. The highest BCUT2D eigenvalue weighted by atomic mass is 16.2. The molecule has 0 saturated carbocycles. The van der Waals surface area contributed by atoms with Crippen LogP contribution in [-0.4, -0.2) is 33.8 Å². The Morgan fingerprint density at radius 1 is 0.938 bits per heavy atom. The van der Waals surface area contributed by atoms with Gasteiger partial charge in [-0.1, -0.05) is 36.8 Å². The van der Waals surface area contributed by atoms with Gasteiger partial charge in [0.1, 0.15) is 11.5 Å². The summed E-state index contributed by atoms with van der Waals surface area (Å²) in [6.45, 7) is 0.613. The van der Waals surface area contributed by atoms with E-state index in [0.29, 0.717) is 16.9 Å². The first-order valence-corrected chi connectivity index (χ1v) is 10.7. The number of benzene rings is 2. The lowest BCUT2D eigenvalue weighted by atomic mass is 10.1. The van der Waals surface area contributed by atoms with Gasteiger partial charge in [-0.05, 0) is 43.5 Å². The molecule has 8 nitrogen and oxygen atoms in total. The SMILES string of the molecule is NC(=O)CNC(=O)c1ccc(NC(=O)c2nc(-c3ccccc3)n3c2CCCCC3)cc1. The molecule has 2 aromatic carbocycles. The summed E-state index contributed by atoms with van der Waals surface area (Å²) in [4.78, 5) is 40.7. The minimum atomic E-state index is -0.615. The number of hydrogen-bond acceptors (Lipinski definition) is 4. The maximum atomic E-state index is 13.1. The monoisotopic (exact) mass is 431 g/mol. The molecule has 0 aliphatic carbocycles. The van der Waals surface area contributed by atoms with Crippen LogP contribution in [0.1, 0.15) is 45.8 Å². The molecule has 4 N–H and O–H groups in total. The quantitative estimate of drug-likeness (QED) is 0.556. The lowest BCUT2D eigenvalue weighted by Gasteiger charge is -2.09. The number of rotatable bonds is 6. The Kier molecular flexibility index (Phi) is 6.30. The zero-order chi connectivity index (χ0) is 22.5. The molecule has 164 valence electrons. The molecule has 0 radical (unpaired) electrons. The topological polar surface area (TPSA) is 119 Å². The van der Waals surface area contributed by atoms with Crippen LogP contribution in [0.2, 0.25) is 0 Å². The lowest BCUT2D eigenvalue weighted by Crippen LogP contribution is -2.33. The molecule has 4 rings (SSSR count). The van der Waals surface area contributed by atoms with E-state index in [1.54, 1.807) is 24.3 Å². The molecule has 1 aromatic heterocycles. The highest BCUT2D eigenvalue weighted by Gasteiger charge is 2.24. The fourth-order valence-electron chi connectivity index (χ4n) is 3.87. The molecule has 1 aliphatic heterocycles. The molecule has 32 heavy (non-hydrogen) atoms. The number of nitrogens with zero attached hydrogens (tertiary/aromatic N) is 2. The third-order valence-electron chi connectivity index (χ3n) is 5.44. The van der Waals surface area contributed by atoms with Crippen molar-refractivity contribution < 1.29 is 14.4 Å². The van der Waals surface area contributed by atoms with Gasteiger partial charge < -0.3 is 20.9 Å². The Hall–Kier alpha value is -3.94. The number of imidazole rings is 1. The summed E-state index contributed by atoms with van der Waals surface area (Å²) in [5.74, 6) is -0.484. The Bertz CT molecular complexity index is 1140. The van der Waals surface area contributed by atoms with Gasteiger partial charge in [-0.3, -0.25) is 14.4 Å². The summed E-state index contributed by atoms with van der Waals surface area (Å²) in [6.07, 6.45) is 4.01. The van der Waals surface area contributed by atoms with E-state index in [0.717, 1.165) is 49.3 Å². The van der Waals surface area contributed by atoms with E-state index in [4.69, 9.17) is 10.7 Å². The minimum absolute atomic E-state index is 0.230. The Morgan fingerprint density at radius 2 is 1.69 bits per heavy atom. The number of nitrogens with two attached hydrogens (primary N) is 1. The summed E-state index contributed by atoms with van der Waals surface area (Å²) in [5, 5.41) is 5.32. The molecule has 0 spiro atoms. The van der Waals surface area contributed by atoms with Crippen molar-refractivity contribution in [1.29, 1.82) is 0 Å². The standard InChI is InChI=1S/C24H25N5O3/c25-20(30)15-26-23(31)17-10-12-18(13-11-17)27-24(32)21-19-9-5-2-6-14-29(19)22(28-21)16-7-3-1-4-8-16/h1,3-4,7-8,10-13H,2,5-6,9,14-15H2,(H2,25,30)(H,26,31)(H,27,32). The van der Waals surface area contributed by atoms with Gasteiger partial charge in [0.25, 0.3) is 11.8 Å². The Balaban J connectivity index is 1.55. The first-order valence-electron chi connectivity index (χ1n) is 10.7. The average molecular weight is 431 g/mol. The number of hydrogen-bond donors (Lipinski definition) is 3. The summed E-state index contributed by atoms with van der Waals surface area (Å²) < 4.78 is 2.17. The van der Waals surface area contributed by atoms with E-state index >= 15 is 0 Å². The molecular formula is C24H25N5O3. The van der Waals surface area contributed by atoms with Gasteiger partial charge in [-0.15, -0.1) is 0 Å². The van der Waals surface area contributed by atoms with Crippen LogP contribution in [0.4, 0.5) is 5.69 Å². The minimum Gasteiger partial charge on any atom is -0.368 e. The largest absolute Gasteiger partial charge is 0.368 e. The Labute approximate surface area is 185 Å². The number of fused-ring (bicyclic) bond motifs is 1. The molecule has 0 saturated heterocycles. The van der Waals surface area contributed by atoms with E-state index in [2.05, 4.69) is 15.2 Å². The Morgan fingerprint density at radius 3 is 2.41 bits per heavy atom. The van der Waals surface area contributed by atoms with Crippen LogP contribution in [0.15, 0.2) is 54.6 Å². The maximum Gasteiger partial charge on any atom is 0.276 e. The third-order valence-corrected chi connectivity index (χ3v) is 5.44.